The highest BCUT2D eigenvalue weighted by molar-refractivity contribution is 5.88. The second-order valence-electron chi connectivity index (χ2n) is 9.78. The molecular formula is C25H36FN9O4. The largest absolute Gasteiger partial charge is 0.477 e. The topological polar surface area (TPSA) is 138 Å². The Bertz CT molecular complexity index is 1120. The summed E-state index contributed by atoms with van der Waals surface area (Å²) in [5, 5.41) is 5.30. The number of amides is 3. The van der Waals surface area contributed by atoms with Crippen LogP contribution >= 0.6 is 0 Å². The number of nitrogens with one attached hydrogen (secondary N) is 2. The van der Waals surface area contributed by atoms with E-state index in [0.717, 1.165) is 19.4 Å². The maximum atomic E-state index is 14.9. The number of nitrogens with zero attached hydrogens (tertiary/aromatic N) is 7. The molecule has 2 N–H and O–H groups in total. The van der Waals surface area contributed by atoms with Gasteiger partial charge >= 0.3 is 12.1 Å². The summed E-state index contributed by atoms with van der Waals surface area (Å²) >= 11 is 0. The van der Waals surface area contributed by atoms with Gasteiger partial charge in [0.15, 0.2) is 5.82 Å². The molecule has 2 saturated heterocycles. The molecule has 0 spiro atoms. The molecule has 212 valence electrons. The Morgan fingerprint density at radius 2 is 1.97 bits per heavy atom. The zero-order chi connectivity index (χ0) is 27.9. The molecule has 0 saturated carbocycles. The minimum atomic E-state index is -1.24. The molecule has 0 bridgehead atoms. The average molecular weight is 546 g/mol. The number of ether oxygens (including phenoxy) is 2. The van der Waals surface area contributed by atoms with E-state index in [4.69, 9.17) is 9.47 Å². The minimum Gasteiger partial charge on any atom is -0.477 e. The second kappa shape index (κ2) is 12.8. The Kier molecular flexibility index (Phi) is 9.28. The molecule has 4 rings (SSSR count). The first-order valence-corrected chi connectivity index (χ1v) is 13.1. The van der Waals surface area contributed by atoms with Crippen molar-refractivity contribution in [2.75, 3.05) is 55.9 Å². The van der Waals surface area contributed by atoms with Gasteiger partial charge in [0.25, 0.3) is 0 Å². The van der Waals surface area contributed by atoms with Gasteiger partial charge in [0, 0.05) is 38.9 Å². The fourth-order valence-corrected chi connectivity index (χ4v) is 4.61. The van der Waals surface area contributed by atoms with Gasteiger partial charge in [0.05, 0.1) is 25.0 Å². The van der Waals surface area contributed by atoms with E-state index in [1.165, 1.54) is 30.5 Å². The summed E-state index contributed by atoms with van der Waals surface area (Å²) in [6, 6.07) is 0.623. The number of hydrogen-bond acceptors (Lipinski definition) is 10. The molecule has 0 aliphatic carbocycles. The summed E-state index contributed by atoms with van der Waals surface area (Å²) in [4.78, 5) is 47.5. The minimum absolute atomic E-state index is 0.155. The summed E-state index contributed by atoms with van der Waals surface area (Å²) in [7, 11) is 3.58. The molecular weight excluding hydrogens is 509 g/mol. The Labute approximate surface area is 227 Å². The maximum Gasteiger partial charge on any atom is 0.413 e. The quantitative estimate of drug-likeness (QED) is 0.534. The number of aromatic nitrogens is 4. The normalized spacial score (nSPS) is 23.6. The van der Waals surface area contributed by atoms with Crippen molar-refractivity contribution in [3.8, 4) is 5.88 Å². The van der Waals surface area contributed by atoms with Gasteiger partial charge < -0.3 is 24.2 Å². The molecule has 2 aliphatic rings. The first kappa shape index (κ1) is 28.2. The third-order valence-electron chi connectivity index (χ3n) is 7.06. The van der Waals surface area contributed by atoms with Gasteiger partial charge in [-0.25, -0.2) is 28.9 Å². The number of hydrogen-bond donors (Lipinski definition) is 2. The lowest BCUT2D eigenvalue weighted by molar-refractivity contribution is 0.0440. The van der Waals surface area contributed by atoms with Crippen LogP contribution in [-0.4, -0.2) is 107 Å². The van der Waals surface area contributed by atoms with E-state index >= 15 is 0 Å². The van der Waals surface area contributed by atoms with Crippen LogP contribution < -0.4 is 20.3 Å². The number of carbonyl (C=O) groups excluding carboxylic acids is 2. The predicted octanol–water partition coefficient (Wildman–Crippen LogP) is 2.78. The molecule has 0 radical (unpaired) electrons. The number of likely N-dealkylation sites (tertiary alicyclic amines) is 1. The molecule has 0 aromatic carbocycles. The SMILES string of the molecule is CCOc1cnc(NC(=O)N(C)[C@H]2CN(c3nccc(NC(=O)O[C@@H]4CCN(C)[C@H](C)C4)n3)CC[C@H]2F)cn1. The number of alkyl halides is 1. The molecule has 2 aromatic rings. The van der Waals surface area contributed by atoms with Gasteiger partial charge in [-0.05, 0) is 46.2 Å². The van der Waals surface area contributed by atoms with Gasteiger partial charge in [-0.15, -0.1) is 0 Å². The van der Waals surface area contributed by atoms with E-state index in [1.807, 2.05) is 6.92 Å². The van der Waals surface area contributed by atoms with Crippen LogP contribution in [0.4, 0.5) is 31.6 Å². The van der Waals surface area contributed by atoms with Gasteiger partial charge in [-0.3, -0.25) is 10.6 Å². The third-order valence-corrected chi connectivity index (χ3v) is 7.06. The van der Waals surface area contributed by atoms with Crippen molar-refractivity contribution >= 4 is 29.7 Å². The Hall–Kier alpha value is -3.81. The highest BCUT2D eigenvalue weighted by Gasteiger charge is 2.35. The number of urea groups is 1. The van der Waals surface area contributed by atoms with Crippen molar-refractivity contribution in [2.24, 2.45) is 0 Å². The van der Waals surface area contributed by atoms with E-state index in [2.05, 4.69) is 49.4 Å². The monoisotopic (exact) mass is 545 g/mol. The van der Waals surface area contributed by atoms with Crippen molar-refractivity contribution < 1.29 is 23.5 Å². The fourth-order valence-electron chi connectivity index (χ4n) is 4.61. The average Bonchev–Trinajstić information content (AvgIpc) is 2.92. The lowest BCUT2D eigenvalue weighted by Crippen LogP contribution is -2.55. The van der Waals surface area contributed by atoms with E-state index in [-0.39, 0.29) is 30.7 Å². The maximum absolute atomic E-state index is 14.9. The van der Waals surface area contributed by atoms with E-state index in [1.54, 1.807) is 11.0 Å². The van der Waals surface area contributed by atoms with Crippen LogP contribution in [-0.2, 0) is 4.74 Å². The number of carbonyl (C=O) groups is 2. The zero-order valence-electron chi connectivity index (χ0n) is 22.7. The lowest BCUT2D eigenvalue weighted by Gasteiger charge is -2.39. The standard InChI is InChI=1S/C25H36FN9O4/c1-5-38-22-14-28-21(13-29-22)31-24(36)34(4)19-15-35(11-8-18(19)26)23-27-9-6-20(30-23)32-25(37)39-17-7-10-33(3)16(2)12-17/h6,9,13-14,16-19H,5,7-8,10-12,15H2,1-4H3,(H,28,31,36)(H,27,30,32,37)/t16-,17-,18-,19+/m1/s1. The summed E-state index contributed by atoms with van der Waals surface area (Å²) in [5.74, 6) is 1.17. The number of halogens is 1. The van der Waals surface area contributed by atoms with Crippen LogP contribution in [0.2, 0.25) is 0 Å². The van der Waals surface area contributed by atoms with Gasteiger partial charge in [-0.2, -0.15) is 4.98 Å². The molecule has 4 atom stereocenters. The highest BCUT2D eigenvalue weighted by Crippen LogP contribution is 2.24. The number of anilines is 3. The molecule has 2 fully saturated rings. The molecule has 2 aromatic heterocycles. The van der Waals surface area contributed by atoms with Crippen LogP contribution in [0.15, 0.2) is 24.7 Å². The summed E-state index contributed by atoms with van der Waals surface area (Å²) in [6.07, 6.45) is 4.06. The Morgan fingerprint density at radius 1 is 1.15 bits per heavy atom. The van der Waals surface area contributed by atoms with E-state index < -0.39 is 24.3 Å². The highest BCUT2D eigenvalue weighted by atomic mass is 19.1. The van der Waals surface area contributed by atoms with Gasteiger partial charge in [-0.1, -0.05) is 0 Å². The Balaban J connectivity index is 1.34. The molecule has 39 heavy (non-hydrogen) atoms. The third kappa shape index (κ3) is 7.40. The van der Waals surface area contributed by atoms with Crippen molar-refractivity contribution in [1.82, 2.24) is 29.7 Å². The van der Waals surface area contributed by atoms with Crippen molar-refractivity contribution in [1.29, 1.82) is 0 Å². The summed E-state index contributed by atoms with van der Waals surface area (Å²) in [6.45, 7) is 5.77. The first-order chi connectivity index (χ1) is 18.7. The van der Waals surface area contributed by atoms with Crippen LogP contribution in [0.1, 0.15) is 33.1 Å². The number of likely N-dealkylation sites (N-methyl/N-ethyl adjacent to an activating group) is 1. The second-order valence-corrected chi connectivity index (χ2v) is 9.78. The number of rotatable bonds is 7. The van der Waals surface area contributed by atoms with Gasteiger partial charge in [0.2, 0.25) is 11.8 Å². The van der Waals surface area contributed by atoms with Crippen molar-refractivity contribution in [3.63, 3.8) is 0 Å². The van der Waals surface area contributed by atoms with Crippen LogP contribution in [0, 0.1) is 0 Å². The molecule has 13 nitrogen and oxygen atoms in total. The first-order valence-electron chi connectivity index (χ1n) is 13.1. The lowest BCUT2D eigenvalue weighted by atomic mass is 10.0. The van der Waals surface area contributed by atoms with Crippen LogP contribution in [0.3, 0.4) is 0 Å². The molecule has 4 heterocycles. The summed E-state index contributed by atoms with van der Waals surface area (Å²) in [5.41, 5.74) is 0. The van der Waals surface area contributed by atoms with Crippen molar-refractivity contribution in [2.45, 2.75) is 57.5 Å². The van der Waals surface area contributed by atoms with Crippen molar-refractivity contribution in [3.05, 3.63) is 24.7 Å². The predicted molar refractivity (Wildman–Crippen MR) is 143 cm³/mol. The molecule has 14 heteroatoms. The van der Waals surface area contributed by atoms with E-state index in [0.29, 0.717) is 31.0 Å². The summed E-state index contributed by atoms with van der Waals surface area (Å²) < 4.78 is 25.8. The molecule has 3 amide bonds. The van der Waals surface area contributed by atoms with Crippen LogP contribution in [0.5, 0.6) is 5.88 Å². The van der Waals surface area contributed by atoms with E-state index in [9.17, 15) is 14.0 Å². The molecule has 0 unspecified atom stereocenters. The number of piperidine rings is 2. The Morgan fingerprint density at radius 3 is 2.69 bits per heavy atom. The van der Waals surface area contributed by atoms with Crippen LogP contribution in [0.25, 0.3) is 0 Å². The fraction of sp³-hybridized carbons (Fsp3) is 0.600. The van der Waals surface area contributed by atoms with Gasteiger partial charge in [0.1, 0.15) is 18.1 Å². The molecule has 2 aliphatic heterocycles. The smallest absolute Gasteiger partial charge is 0.413 e. The zero-order valence-corrected chi connectivity index (χ0v) is 22.7.